The standard InChI is InChI=1S/C12H13Cl2N5O7S2/c1-26-18-8(5-4-27-12(15-5)16-7(20)3-14)10(21)17-9-6(2-13)19(11(9)22)28(23,24)25/h4,6,9H,2-3H2,1H3,(H,17,21)(H,15,16,20)(H,23,24,25). The first-order valence-corrected chi connectivity index (χ1v) is 10.6. The molecule has 0 aliphatic carbocycles. The fraction of sp³-hybridized carbons (Fsp3) is 0.417. The smallest absolute Gasteiger partial charge is 0.362 e. The van der Waals surface area contributed by atoms with Crippen molar-refractivity contribution in [2.75, 3.05) is 24.2 Å². The normalized spacial score (nSPS) is 19.8. The van der Waals surface area contributed by atoms with E-state index in [1.807, 2.05) is 0 Å². The molecule has 1 aliphatic rings. The first kappa shape index (κ1) is 22.3. The zero-order valence-corrected chi connectivity index (χ0v) is 17.1. The summed E-state index contributed by atoms with van der Waals surface area (Å²) in [5, 5.41) is 9.75. The van der Waals surface area contributed by atoms with E-state index >= 15 is 0 Å². The minimum absolute atomic E-state index is 0.0232. The average molecular weight is 474 g/mol. The number of carbonyl (C=O) groups is 3. The second kappa shape index (κ2) is 9.00. The van der Waals surface area contributed by atoms with Crippen LogP contribution in [0.2, 0.25) is 0 Å². The third-order valence-electron chi connectivity index (χ3n) is 3.37. The van der Waals surface area contributed by atoms with Gasteiger partial charge in [0.15, 0.2) is 10.8 Å². The third kappa shape index (κ3) is 4.70. The van der Waals surface area contributed by atoms with Crippen molar-refractivity contribution < 1.29 is 32.2 Å². The molecule has 154 valence electrons. The van der Waals surface area contributed by atoms with E-state index in [0.717, 1.165) is 11.3 Å². The molecule has 2 heterocycles. The average Bonchev–Trinajstić information content (AvgIpc) is 3.08. The summed E-state index contributed by atoms with van der Waals surface area (Å²) in [7, 11) is -3.63. The van der Waals surface area contributed by atoms with Crippen LogP contribution in [0, 0.1) is 0 Å². The van der Waals surface area contributed by atoms with Crippen LogP contribution in [0.15, 0.2) is 10.5 Å². The number of oxime groups is 1. The summed E-state index contributed by atoms with van der Waals surface area (Å²) in [5.74, 6) is -3.13. The van der Waals surface area contributed by atoms with E-state index < -0.39 is 40.1 Å². The predicted molar refractivity (Wildman–Crippen MR) is 99.8 cm³/mol. The number of β-lactam (4-membered cyclic amide) rings is 1. The van der Waals surface area contributed by atoms with Gasteiger partial charge in [-0.2, -0.15) is 8.42 Å². The van der Waals surface area contributed by atoms with Crippen LogP contribution in [-0.4, -0.2) is 76.6 Å². The topological polar surface area (TPSA) is 167 Å². The fourth-order valence-corrected chi connectivity index (χ4v) is 4.27. The number of nitrogens with zero attached hydrogens (tertiary/aromatic N) is 3. The number of rotatable bonds is 8. The summed E-state index contributed by atoms with van der Waals surface area (Å²) in [5.41, 5.74) is -0.313. The summed E-state index contributed by atoms with van der Waals surface area (Å²) in [6.45, 7) is 0. The summed E-state index contributed by atoms with van der Waals surface area (Å²) in [6, 6.07) is -2.48. The SMILES string of the molecule is CON=C(C(=O)NC1C(=O)N(S(=O)(=O)O)C1CCl)c1csc(NC(=O)CCl)n1. The zero-order chi connectivity index (χ0) is 21.1. The van der Waals surface area contributed by atoms with Gasteiger partial charge >= 0.3 is 10.3 Å². The summed E-state index contributed by atoms with van der Waals surface area (Å²) < 4.78 is 31.6. The second-order valence-electron chi connectivity index (χ2n) is 5.13. The molecule has 2 unspecified atom stereocenters. The number of anilines is 1. The van der Waals surface area contributed by atoms with Crippen LogP contribution in [-0.2, 0) is 29.5 Å². The third-order valence-corrected chi connectivity index (χ3v) is 5.64. The maximum Gasteiger partial charge on any atom is 0.362 e. The van der Waals surface area contributed by atoms with E-state index in [4.69, 9.17) is 27.8 Å². The van der Waals surface area contributed by atoms with Gasteiger partial charge in [0.2, 0.25) is 5.91 Å². The minimum atomic E-state index is -4.81. The molecule has 1 aliphatic heterocycles. The molecular formula is C12H13Cl2N5O7S2. The van der Waals surface area contributed by atoms with Crippen molar-refractivity contribution in [3.63, 3.8) is 0 Å². The van der Waals surface area contributed by atoms with Crippen LogP contribution < -0.4 is 10.6 Å². The van der Waals surface area contributed by atoms with Crippen LogP contribution >= 0.6 is 34.5 Å². The van der Waals surface area contributed by atoms with Crippen molar-refractivity contribution in [1.29, 1.82) is 0 Å². The van der Waals surface area contributed by atoms with Crippen molar-refractivity contribution in [1.82, 2.24) is 14.6 Å². The van der Waals surface area contributed by atoms with Crippen molar-refractivity contribution in [2.24, 2.45) is 5.16 Å². The number of alkyl halides is 2. The molecule has 1 fully saturated rings. The summed E-state index contributed by atoms with van der Waals surface area (Å²) in [4.78, 5) is 44.4. The number of nitrogens with one attached hydrogen (secondary N) is 2. The molecule has 2 atom stereocenters. The largest absolute Gasteiger partial charge is 0.398 e. The first-order chi connectivity index (χ1) is 13.1. The molecule has 0 saturated carbocycles. The molecule has 1 aromatic rings. The number of hydrogen-bond donors (Lipinski definition) is 3. The van der Waals surface area contributed by atoms with Crippen LogP contribution in [0.25, 0.3) is 0 Å². The Morgan fingerprint density at radius 3 is 2.68 bits per heavy atom. The van der Waals surface area contributed by atoms with Gasteiger partial charge in [-0.1, -0.05) is 5.16 Å². The van der Waals surface area contributed by atoms with Gasteiger partial charge in [-0.05, 0) is 0 Å². The van der Waals surface area contributed by atoms with Crippen molar-refractivity contribution >= 4 is 73.4 Å². The van der Waals surface area contributed by atoms with E-state index in [0.29, 0.717) is 0 Å². The molecule has 0 spiro atoms. The molecule has 3 amide bonds. The van der Waals surface area contributed by atoms with Crippen LogP contribution in [0.1, 0.15) is 5.69 Å². The van der Waals surface area contributed by atoms with E-state index in [9.17, 15) is 22.8 Å². The number of carbonyl (C=O) groups excluding carboxylic acids is 3. The van der Waals surface area contributed by atoms with Crippen molar-refractivity contribution in [3.05, 3.63) is 11.1 Å². The lowest BCUT2D eigenvalue weighted by atomic mass is 10.0. The lowest BCUT2D eigenvalue weighted by Gasteiger charge is -2.43. The van der Waals surface area contributed by atoms with E-state index in [-0.39, 0.29) is 32.6 Å². The molecule has 0 aromatic carbocycles. The Morgan fingerprint density at radius 1 is 1.46 bits per heavy atom. The van der Waals surface area contributed by atoms with Crippen molar-refractivity contribution in [2.45, 2.75) is 12.1 Å². The Morgan fingerprint density at radius 2 is 2.14 bits per heavy atom. The van der Waals surface area contributed by atoms with Crippen LogP contribution in [0.4, 0.5) is 5.13 Å². The van der Waals surface area contributed by atoms with Gasteiger partial charge in [-0.3, -0.25) is 18.9 Å². The van der Waals surface area contributed by atoms with Crippen LogP contribution in [0.3, 0.4) is 0 Å². The van der Waals surface area contributed by atoms with E-state index in [1.165, 1.54) is 12.5 Å². The highest BCUT2D eigenvalue weighted by atomic mass is 35.5. The van der Waals surface area contributed by atoms with Crippen LogP contribution in [0.5, 0.6) is 0 Å². The van der Waals surface area contributed by atoms with Gasteiger partial charge in [0, 0.05) is 11.3 Å². The minimum Gasteiger partial charge on any atom is -0.398 e. The van der Waals surface area contributed by atoms with Gasteiger partial charge in [-0.25, -0.2) is 9.29 Å². The van der Waals surface area contributed by atoms with Gasteiger partial charge in [0.05, 0.1) is 6.04 Å². The molecule has 1 saturated heterocycles. The quantitative estimate of drug-likeness (QED) is 0.148. The molecule has 0 radical (unpaired) electrons. The van der Waals surface area contributed by atoms with Gasteiger partial charge in [0.1, 0.15) is 24.7 Å². The lowest BCUT2D eigenvalue weighted by Crippen LogP contribution is -2.73. The molecular weight excluding hydrogens is 461 g/mol. The first-order valence-electron chi connectivity index (χ1n) is 7.24. The highest BCUT2D eigenvalue weighted by Crippen LogP contribution is 2.25. The van der Waals surface area contributed by atoms with E-state index in [2.05, 4.69) is 25.6 Å². The Balaban J connectivity index is 2.17. The molecule has 0 bridgehead atoms. The number of aromatic nitrogens is 1. The zero-order valence-electron chi connectivity index (χ0n) is 14.0. The maximum absolute atomic E-state index is 12.5. The van der Waals surface area contributed by atoms with Gasteiger partial charge in [-0.15, -0.1) is 34.5 Å². The van der Waals surface area contributed by atoms with Crippen molar-refractivity contribution in [3.8, 4) is 0 Å². The fourth-order valence-electron chi connectivity index (χ4n) is 2.21. The molecule has 12 nitrogen and oxygen atoms in total. The monoisotopic (exact) mass is 473 g/mol. The second-order valence-corrected chi connectivity index (χ2v) is 7.85. The molecule has 2 rings (SSSR count). The number of hydrogen-bond acceptors (Lipinski definition) is 9. The Kier molecular flexibility index (Phi) is 7.16. The summed E-state index contributed by atoms with van der Waals surface area (Å²) >= 11 is 12.0. The number of halogens is 2. The molecule has 3 N–H and O–H groups in total. The molecule has 16 heteroatoms. The Labute approximate surface area is 172 Å². The Bertz CT molecular complexity index is 919. The lowest BCUT2D eigenvalue weighted by molar-refractivity contribution is -0.143. The highest BCUT2D eigenvalue weighted by molar-refractivity contribution is 7.84. The summed E-state index contributed by atoms with van der Waals surface area (Å²) in [6.07, 6.45) is 0. The van der Waals surface area contributed by atoms with E-state index in [1.54, 1.807) is 0 Å². The number of thiazole rings is 1. The van der Waals surface area contributed by atoms with Gasteiger partial charge in [0.25, 0.3) is 11.8 Å². The van der Waals surface area contributed by atoms with Gasteiger partial charge < -0.3 is 15.5 Å². The number of amides is 3. The Hall–Kier alpha value is -2.00. The predicted octanol–water partition coefficient (Wildman–Crippen LogP) is -0.592. The maximum atomic E-state index is 12.5. The molecule has 1 aromatic heterocycles. The highest BCUT2D eigenvalue weighted by Gasteiger charge is 2.53. The molecule has 28 heavy (non-hydrogen) atoms.